The highest BCUT2D eigenvalue weighted by atomic mass is 32.1. The largest absolute Gasteiger partial charge is 0.390 e. The summed E-state index contributed by atoms with van der Waals surface area (Å²) in [7, 11) is 0. The van der Waals surface area contributed by atoms with Gasteiger partial charge in [-0.3, -0.25) is 0 Å². The first-order valence-electron chi connectivity index (χ1n) is 4.39. The van der Waals surface area contributed by atoms with E-state index in [1.165, 1.54) is 19.3 Å². The summed E-state index contributed by atoms with van der Waals surface area (Å²) in [6, 6.07) is 0. The van der Waals surface area contributed by atoms with Gasteiger partial charge in [-0.25, -0.2) is 0 Å². The lowest BCUT2D eigenvalue weighted by molar-refractivity contribution is -0.0329. The predicted molar refractivity (Wildman–Crippen MR) is 63.6 cm³/mol. The van der Waals surface area contributed by atoms with E-state index in [1.807, 2.05) is 6.92 Å². The third-order valence-corrected chi connectivity index (χ3v) is 2.86. The normalized spacial score (nSPS) is 34.8. The van der Waals surface area contributed by atoms with E-state index < -0.39 is 0 Å². The molecule has 1 aliphatic rings. The average Bonchev–Trinajstić information content (AvgIpc) is 1.87. The van der Waals surface area contributed by atoms with E-state index in [1.54, 1.807) is 0 Å². The molecule has 0 aromatic heterocycles. The molecule has 0 aliphatic heterocycles. The van der Waals surface area contributed by atoms with Gasteiger partial charge in [0.1, 0.15) is 0 Å². The summed E-state index contributed by atoms with van der Waals surface area (Å²) in [5, 5.41) is 9.83. The molecule has 0 aromatic carbocycles. The topological polar surface area (TPSA) is 20.2 Å². The minimum absolute atomic E-state index is 0. The van der Waals surface area contributed by atoms with E-state index in [-0.39, 0.29) is 32.6 Å². The van der Waals surface area contributed by atoms with Gasteiger partial charge in [-0.15, -0.1) is 0 Å². The molecule has 1 nitrogen and oxygen atoms in total. The molecule has 76 valence electrons. The Labute approximate surface area is 89.8 Å². The van der Waals surface area contributed by atoms with Gasteiger partial charge in [-0.1, -0.05) is 26.2 Å². The van der Waals surface area contributed by atoms with E-state index in [0.29, 0.717) is 5.92 Å². The standard InChI is InChI=1S/C9H18O.2H2S/c1-3-8-6-4-5-7-9(8,2)10;;/h8,10H,3-7H2,1-2H3;2*1H2/t8-,9-;;/m0../s1. The van der Waals surface area contributed by atoms with Crippen molar-refractivity contribution >= 4 is 27.0 Å². The molecule has 0 radical (unpaired) electrons. The molecular formula is C9H22OS2. The molecule has 0 unspecified atom stereocenters. The van der Waals surface area contributed by atoms with Gasteiger partial charge in [0.05, 0.1) is 5.60 Å². The van der Waals surface area contributed by atoms with Crippen molar-refractivity contribution in [3.63, 3.8) is 0 Å². The molecule has 1 saturated carbocycles. The van der Waals surface area contributed by atoms with Crippen LogP contribution >= 0.6 is 27.0 Å². The molecule has 1 aliphatic carbocycles. The highest BCUT2D eigenvalue weighted by Crippen LogP contribution is 2.34. The van der Waals surface area contributed by atoms with Crippen LogP contribution in [0, 0.1) is 5.92 Å². The summed E-state index contributed by atoms with van der Waals surface area (Å²) in [4.78, 5) is 0. The minimum atomic E-state index is -0.354. The van der Waals surface area contributed by atoms with Gasteiger partial charge >= 0.3 is 0 Å². The van der Waals surface area contributed by atoms with E-state index in [2.05, 4.69) is 6.92 Å². The van der Waals surface area contributed by atoms with Gasteiger partial charge in [0.25, 0.3) is 0 Å². The molecular weight excluding hydrogens is 188 g/mol. The average molecular weight is 210 g/mol. The van der Waals surface area contributed by atoms with Crippen molar-refractivity contribution < 1.29 is 5.11 Å². The monoisotopic (exact) mass is 210 g/mol. The Bertz CT molecular complexity index is 115. The summed E-state index contributed by atoms with van der Waals surface area (Å²) in [5.41, 5.74) is -0.354. The van der Waals surface area contributed by atoms with E-state index in [9.17, 15) is 5.11 Å². The summed E-state index contributed by atoms with van der Waals surface area (Å²) in [6.07, 6.45) is 5.89. The second kappa shape index (κ2) is 6.17. The van der Waals surface area contributed by atoms with Crippen LogP contribution < -0.4 is 0 Å². The first-order valence-corrected chi connectivity index (χ1v) is 4.39. The van der Waals surface area contributed by atoms with Gasteiger partial charge in [0.2, 0.25) is 0 Å². The van der Waals surface area contributed by atoms with Crippen LogP contribution in [0.2, 0.25) is 0 Å². The number of rotatable bonds is 1. The van der Waals surface area contributed by atoms with Gasteiger partial charge in [0, 0.05) is 0 Å². The van der Waals surface area contributed by atoms with Crippen LogP contribution in [0.25, 0.3) is 0 Å². The SMILES string of the molecule is CC[C@H]1CCCC[C@]1(C)O.S.S. The third-order valence-electron chi connectivity index (χ3n) is 2.86. The van der Waals surface area contributed by atoms with Gasteiger partial charge in [-0.2, -0.15) is 27.0 Å². The van der Waals surface area contributed by atoms with Crippen LogP contribution in [0.1, 0.15) is 46.0 Å². The maximum absolute atomic E-state index is 9.83. The molecule has 1 rings (SSSR count). The van der Waals surface area contributed by atoms with Crippen LogP contribution in [0.15, 0.2) is 0 Å². The fourth-order valence-corrected chi connectivity index (χ4v) is 2.03. The van der Waals surface area contributed by atoms with Gasteiger partial charge < -0.3 is 5.11 Å². The molecule has 1 N–H and O–H groups in total. The molecule has 2 atom stereocenters. The molecule has 12 heavy (non-hydrogen) atoms. The fourth-order valence-electron chi connectivity index (χ4n) is 2.03. The van der Waals surface area contributed by atoms with Crippen molar-refractivity contribution in [3.8, 4) is 0 Å². The Morgan fingerprint density at radius 2 is 1.92 bits per heavy atom. The van der Waals surface area contributed by atoms with E-state index in [0.717, 1.165) is 12.8 Å². The lowest BCUT2D eigenvalue weighted by atomic mass is 9.75. The van der Waals surface area contributed by atoms with Crippen LogP contribution in [0.3, 0.4) is 0 Å². The van der Waals surface area contributed by atoms with Crippen molar-refractivity contribution in [3.05, 3.63) is 0 Å². The zero-order valence-corrected chi connectivity index (χ0v) is 10.1. The first-order chi connectivity index (χ1) is 4.67. The van der Waals surface area contributed by atoms with Crippen molar-refractivity contribution in [2.75, 3.05) is 0 Å². The van der Waals surface area contributed by atoms with Crippen molar-refractivity contribution in [1.82, 2.24) is 0 Å². The Balaban J connectivity index is 0. The summed E-state index contributed by atoms with van der Waals surface area (Å²) < 4.78 is 0. The molecule has 0 aromatic rings. The summed E-state index contributed by atoms with van der Waals surface area (Å²) >= 11 is 0. The highest BCUT2D eigenvalue weighted by molar-refractivity contribution is 7.59. The van der Waals surface area contributed by atoms with Crippen LogP contribution in [0.5, 0.6) is 0 Å². The van der Waals surface area contributed by atoms with E-state index >= 15 is 0 Å². The zero-order chi connectivity index (χ0) is 7.61. The number of hydrogen-bond acceptors (Lipinski definition) is 1. The number of hydrogen-bond donors (Lipinski definition) is 1. The Morgan fingerprint density at radius 1 is 1.33 bits per heavy atom. The third kappa shape index (κ3) is 3.58. The van der Waals surface area contributed by atoms with Gasteiger partial charge in [0.15, 0.2) is 0 Å². The van der Waals surface area contributed by atoms with E-state index in [4.69, 9.17) is 0 Å². The maximum atomic E-state index is 9.83. The van der Waals surface area contributed by atoms with Crippen molar-refractivity contribution in [2.45, 2.75) is 51.6 Å². The molecule has 0 saturated heterocycles. The summed E-state index contributed by atoms with van der Waals surface area (Å²) in [5.74, 6) is 0.557. The Morgan fingerprint density at radius 3 is 2.25 bits per heavy atom. The Kier molecular flexibility index (Phi) is 7.78. The minimum Gasteiger partial charge on any atom is -0.390 e. The maximum Gasteiger partial charge on any atom is 0.0647 e. The van der Waals surface area contributed by atoms with Crippen LogP contribution in [-0.2, 0) is 0 Å². The molecule has 0 heterocycles. The number of aliphatic hydroxyl groups is 1. The highest BCUT2D eigenvalue weighted by Gasteiger charge is 2.32. The smallest absolute Gasteiger partial charge is 0.0647 e. The molecule has 1 fully saturated rings. The van der Waals surface area contributed by atoms with Crippen molar-refractivity contribution in [1.29, 1.82) is 0 Å². The summed E-state index contributed by atoms with van der Waals surface area (Å²) in [6.45, 7) is 4.16. The molecule has 3 heteroatoms. The van der Waals surface area contributed by atoms with Crippen molar-refractivity contribution in [2.24, 2.45) is 5.92 Å². The molecule has 0 amide bonds. The lowest BCUT2D eigenvalue weighted by Crippen LogP contribution is -2.36. The predicted octanol–water partition coefficient (Wildman–Crippen LogP) is 2.56. The first kappa shape index (κ1) is 15.1. The molecule has 0 spiro atoms. The molecule has 0 bridgehead atoms. The lowest BCUT2D eigenvalue weighted by Gasteiger charge is -2.36. The fraction of sp³-hybridized carbons (Fsp3) is 1.00. The second-order valence-electron chi connectivity index (χ2n) is 3.71. The Hall–Kier alpha value is 0.660. The second-order valence-corrected chi connectivity index (χ2v) is 3.71. The zero-order valence-electron chi connectivity index (χ0n) is 8.06. The van der Waals surface area contributed by atoms with Crippen LogP contribution in [0.4, 0.5) is 0 Å². The van der Waals surface area contributed by atoms with Gasteiger partial charge in [-0.05, 0) is 25.7 Å². The van der Waals surface area contributed by atoms with Crippen LogP contribution in [-0.4, -0.2) is 10.7 Å². The quantitative estimate of drug-likeness (QED) is 0.705.